The summed E-state index contributed by atoms with van der Waals surface area (Å²) in [6.07, 6.45) is 3.25. The second-order valence-corrected chi connectivity index (χ2v) is 5.76. The molecule has 0 bridgehead atoms. The summed E-state index contributed by atoms with van der Waals surface area (Å²) < 4.78 is 5.23. The second kappa shape index (κ2) is 7.14. The minimum atomic E-state index is 0. The number of halogens is 1. The first-order valence-electron chi connectivity index (χ1n) is 7.43. The van der Waals surface area contributed by atoms with Gasteiger partial charge in [-0.2, -0.15) is 0 Å². The fourth-order valence-electron chi connectivity index (χ4n) is 3.24. The molecule has 1 unspecified atom stereocenters. The lowest BCUT2D eigenvalue weighted by Gasteiger charge is -2.32. The number of rotatable bonds is 3. The first kappa shape index (κ1) is 16.1. The number of benzene rings is 1. The summed E-state index contributed by atoms with van der Waals surface area (Å²) in [6.45, 7) is 3.42. The molecule has 1 aromatic carbocycles. The van der Waals surface area contributed by atoms with Crippen LogP contribution in [-0.4, -0.2) is 44.2 Å². The summed E-state index contributed by atoms with van der Waals surface area (Å²) in [4.78, 5) is 14.6. The Labute approximate surface area is 132 Å². The van der Waals surface area contributed by atoms with E-state index in [1.165, 1.54) is 11.3 Å². The first-order valence-corrected chi connectivity index (χ1v) is 7.43. The summed E-state index contributed by atoms with van der Waals surface area (Å²) in [6, 6.07) is 6.03. The Morgan fingerprint density at radius 2 is 2.33 bits per heavy atom. The van der Waals surface area contributed by atoms with Crippen LogP contribution in [0.15, 0.2) is 18.2 Å². The van der Waals surface area contributed by atoms with E-state index in [1.807, 2.05) is 17.0 Å². The predicted octanol–water partition coefficient (Wildman–Crippen LogP) is 2.58. The number of carbonyl (C=O) groups is 1. The molecular weight excluding hydrogens is 288 g/mol. The van der Waals surface area contributed by atoms with Gasteiger partial charge in [-0.05, 0) is 48.9 Å². The van der Waals surface area contributed by atoms with Crippen LogP contribution in [0, 0.1) is 5.92 Å². The van der Waals surface area contributed by atoms with Gasteiger partial charge in [-0.1, -0.05) is 0 Å². The number of likely N-dealkylation sites (tertiary alicyclic amines) is 1. The van der Waals surface area contributed by atoms with Crippen molar-refractivity contribution in [3.05, 3.63) is 29.3 Å². The fraction of sp³-hybridized carbons (Fsp3) is 0.562. The normalized spacial score (nSPS) is 20.4. The highest BCUT2D eigenvalue weighted by Gasteiger charge is 2.25. The second-order valence-electron chi connectivity index (χ2n) is 5.76. The van der Waals surface area contributed by atoms with Gasteiger partial charge in [-0.3, -0.25) is 4.79 Å². The third-order valence-corrected chi connectivity index (χ3v) is 4.27. The average molecular weight is 311 g/mol. The third kappa shape index (κ3) is 3.50. The Kier molecular flexibility index (Phi) is 5.48. The van der Waals surface area contributed by atoms with Gasteiger partial charge >= 0.3 is 0 Å². The minimum Gasteiger partial charge on any atom is -0.384 e. The molecule has 0 radical (unpaired) electrons. The average Bonchev–Trinajstić information content (AvgIpc) is 2.94. The van der Waals surface area contributed by atoms with E-state index in [0.29, 0.717) is 5.92 Å². The number of fused-ring (bicyclic) bond motifs is 1. The smallest absolute Gasteiger partial charge is 0.253 e. The van der Waals surface area contributed by atoms with E-state index in [2.05, 4.69) is 11.4 Å². The number of carbonyl (C=O) groups excluding carboxylic acids is 1. The molecule has 3 rings (SSSR count). The predicted molar refractivity (Wildman–Crippen MR) is 86.4 cm³/mol. The number of nitrogens with one attached hydrogen (secondary N) is 1. The molecule has 1 N–H and O–H groups in total. The highest BCUT2D eigenvalue weighted by molar-refractivity contribution is 5.95. The summed E-state index contributed by atoms with van der Waals surface area (Å²) in [5.41, 5.74) is 3.27. The van der Waals surface area contributed by atoms with Crippen molar-refractivity contribution in [2.75, 3.05) is 38.7 Å². The van der Waals surface area contributed by atoms with Crippen LogP contribution >= 0.6 is 12.4 Å². The number of hydrogen-bond donors (Lipinski definition) is 1. The summed E-state index contributed by atoms with van der Waals surface area (Å²) >= 11 is 0. The molecule has 0 saturated carbocycles. The molecule has 2 heterocycles. The van der Waals surface area contributed by atoms with Crippen LogP contribution in [0.1, 0.15) is 28.8 Å². The quantitative estimate of drug-likeness (QED) is 0.933. The zero-order chi connectivity index (χ0) is 13.9. The Bertz CT molecular complexity index is 505. The molecule has 1 saturated heterocycles. The number of piperidine rings is 1. The zero-order valence-corrected chi connectivity index (χ0v) is 13.2. The molecule has 116 valence electrons. The molecule has 0 aromatic heterocycles. The number of ether oxygens (including phenoxy) is 1. The van der Waals surface area contributed by atoms with E-state index < -0.39 is 0 Å². The zero-order valence-electron chi connectivity index (χ0n) is 12.4. The summed E-state index contributed by atoms with van der Waals surface area (Å²) in [5, 5.41) is 3.33. The fourth-order valence-corrected chi connectivity index (χ4v) is 3.24. The van der Waals surface area contributed by atoms with Gasteiger partial charge in [-0.25, -0.2) is 0 Å². The van der Waals surface area contributed by atoms with Crippen LogP contribution in [0.25, 0.3) is 0 Å². The number of nitrogens with zero attached hydrogens (tertiary/aromatic N) is 1. The highest BCUT2D eigenvalue weighted by Crippen LogP contribution is 2.25. The lowest BCUT2D eigenvalue weighted by atomic mass is 9.98. The maximum absolute atomic E-state index is 12.6. The van der Waals surface area contributed by atoms with Gasteiger partial charge in [0, 0.05) is 38.0 Å². The molecule has 1 atom stereocenters. The van der Waals surface area contributed by atoms with Gasteiger partial charge < -0.3 is 15.0 Å². The van der Waals surface area contributed by atoms with Crippen molar-refractivity contribution in [2.45, 2.75) is 19.3 Å². The van der Waals surface area contributed by atoms with Crippen LogP contribution in [0.5, 0.6) is 0 Å². The molecule has 21 heavy (non-hydrogen) atoms. The van der Waals surface area contributed by atoms with E-state index in [1.54, 1.807) is 7.11 Å². The van der Waals surface area contributed by atoms with E-state index >= 15 is 0 Å². The van der Waals surface area contributed by atoms with Gasteiger partial charge in [0.1, 0.15) is 0 Å². The lowest BCUT2D eigenvalue weighted by molar-refractivity contribution is 0.0571. The molecule has 1 aromatic rings. The Hall–Kier alpha value is -1.26. The van der Waals surface area contributed by atoms with Gasteiger partial charge in [0.2, 0.25) is 0 Å². The molecule has 1 fully saturated rings. The van der Waals surface area contributed by atoms with Crippen LogP contribution in [-0.2, 0) is 11.2 Å². The molecule has 2 aliphatic heterocycles. The Morgan fingerprint density at radius 3 is 3.14 bits per heavy atom. The number of amides is 1. The van der Waals surface area contributed by atoms with Crippen molar-refractivity contribution in [1.82, 2.24) is 4.90 Å². The SMILES string of the molecule is COCC1CCCN(C(=O)c2ccc3c(c2)CCN3)C1.Cl. The van der Waals surface area contributed by atoms with Gasteiger partial charge in [0.15, 0.2) is 0 Å². The maximum Gasteiger partial charge on any atom is 0.253 e. The van der Waals surface area contributed by atoms with Crippen LogP contribution in [0.3, 0.4) is 0 Å². The van der Waals surface area contributed by atoms with Crippen molar-refractivity contribution < 1.29 is 9.53 Å². The molecule has 4 nitrogen and oxygen atoms in total. The van der Waals surface area contributed by atoms with E-state index in [4.69, 9.17) is 4.74 Å². The standard InChI is InChI=1S/C16H22N2O2.ClH/c1-20-11-12-3-2-8-18(10-12)16(19)14-4-5-15-13(9-14)6-7-17-15;/h4-5,9,12,17H,2-3,6-8,10-11H2,1H3;1H. The summed E-state index contributed by atoms with van der Waals surface area (Å²) in [7, 11) is 1.73. The molecule has 0 spiro atoms. The number of anilines is 1. The topological polar surface area (TPSA) is 41.6 Å². The van der Waals surface area contributed by atoms with Crippen molar-refractivity contribution in [3.63, 3.8) is 0 Å². The van der Waals surface area contributed by atoms with Crippen molar-refractivity contribution in [3.8, 4) is 0 Å². The third-order valence-electron chi connectivity index (χ3n) is 4.27. The van der Waals surface area contributed by atoms with Gasteiger partial charge in [0.05, 0.1) is 6.61 Å². The van der Waals surface area contributed by atoms with Crippen molar-refractivity contribution in [1.29, 1.82) is 0 Å². The lowest BCUT2D eigenvalue weighted by Crippen LogP contribution is -2.41. The van der Waals surface area contributed by atoms with Crippen LogP contribution in [0.2, 0.25) is 0 Å². The largest absolute Gasteiger partial charge is 0.384 e. The van der Waals surface area contributed by atoms with E-state index in [-0.39, 0.29) is 18.3 Å². The highest BCUT2D eigenvalue weighted by atomic mass is 35.5. The van der Waals surface area contributed by atoms with Crippen LogP contribution < -0.4 is 5.32 Å². The number of methoxy groups -OCH3 is 1. The molecular formula is C16H23ClN2O2. The minimum absolute atomic E-state index is 0. The van der Waals surface area contributed by atoms with E-state index in [9.17, 15) is 4.79 Å². The molecule has 0 aliphatic carbocycles. The number of hydrogen-bond acceptors (Lipinski definition) is 3. The van der Waals surface area contributed by atoms with Crippen LogP contribution in [0.4, 0.5) is 5.69 Å². The summed E-state index contributed by atoms with van der Waals surface area (Å²) in [5.74, 6) is 0.647. The maximum atomic E-state index is 12.6. The van der Waals surface area contributed by atoms with Crippen molar-refractivity contribution >= 4 is 24.0 Å². The molecule has 2 aliphatic rings. The Balaban J connectivity index is 0.00000161. The first-order chi connectivity index (χ1) is 9.78. The van der Waals surface area contributed by atoms with E-state index in [0.717, 1.165) is 51.1 Å². The monoisotopic (exact) mass is 310 g/mol. The van der Waals surface area contributed by atoms with Crippen molar-refractivity contribution in [2.24, 2.45) is 5.92 Å². The van der Waals surface area contributed by atoms with Gasteiger partial charge in [-0.15, -0.1) is 12.4 Å². The molecule has 1 amide bonds. The molecule has 5 heteroatoms. The Morgan fingerprint density at radius 1 is 1.48 bits per heavy atom. The van der Waals surface area contributed by atoms with Gasteiger partial charge in [0.25, 0.3) is 5.91 Å².